The molecule has 0 bridgehead atoms. The van der Waals surface area contributed by atoms with Crippen molar-refractivity contribution >= 4 is 12.0 Å². The van der Waals surface area contributed by atoms with Crippen LogP contribution in [0.25, 0.3) is 0 Å². The molecule has 110 valence electrons. The van der Waals surface area contributed by atoms with E-state index in [9.17, 15) is 9.59 Å². The van der Waals surface area contributed by atoms with Crippen molar-refractivity contribution < 1.29 is 19.4 Å². The maximum Gasteiger partial charge on any atom is 0.334 e. The van der Waals surface area contributed by atoms with Crippen LogP contribution in [0, 0.1) is 0 Å². The first-order valence-corrected chi connectivity index (χ1v) is 6.54. The lowest BCUT2D eigenvalue weighted by Gasteiger charge is -2.38. The number of amides is 2. The highest BCUT2D eigenvalue weighted by Crippen LogP contribution is 2.19. The van der Waals surface area contributed by atoms with Gasteiger partial charge in [0.15, 0.2) is 6.10 Å². The summed E-state index contributed by atoms with van der Waals surface area (Å²) in [6.45, 7) is 4.06. The van der Waals surface area contributed by atoms with E-state index in [0.29, 0.717) is 0 Å². The Hall–Kier alpha value is -1.34. The molecule has 2 amide bonds. The SMILES string of the molecule is COC(CNC(=O)NN1C(C)CCCC1C)C(=O)O. The quantitative estimate of drug-likeness (QED) is 0.681. The van der Waals surface area contributed by atoms with Gasteiger partial charge < -0.3 is 15.2 Å². The molecule has 1 aliphatic rings. The summed E-state index contributed by atoms with van der Waals surface area (Å²) in [7, 11) is 1.30. The van der Waals surface area contributed by atoms with Crippen LogP contribution in [0.3, 0.4) is 0 Å². The maximum atomic E-state index is 11.7. The molecular weight excluding hydrogens is 250 g/mol. The summed E-state index contributed by atoms with van der Waals surface area (Å²) >= 11 is 0. The average Bonchev–Trinajstić information content (AvgIpc) is 2.34. The Morgan fingerprint density at radius 2 is 1.95 bits per heavy atom. The maximum absolute atomic E-state index is 11.7. The van der Waals surface area contributed by atoms with E-state index in [0.717, 1.165) is 19.3 Å². The number of piperidine rings is 1. The highest BCUT2D eigenvalue weighted by Gasteiger charge is 2.26. The second kappa shape index (κ2) is 7.30. The lowest BCUT2D eigenvalue weighted by atomic mass is 10.00. The first kappa shape index (κ1) is 15.7. The van der Waals surface area contributed by atoms with E-state index in [-0.39, 0.29) is 18.6 Å². The van der Waals surface area contributed by atoms with E-state index in [1.54, 1.807) is 0 Å². The van der Waals surface area contributed by atoms with Crippen LogP contribution in [-0.4, -0.2) is 54.0 Å². The Labute approximate surface area is 113 Å². The minimum absolute atomic E-state index is 0.0612. The second-order valence-corrected chi connectivity index (χ2v) is 4.92. The summed E-state index contributed by atoms with van der Waals surface area (Å²) in [6, 6.07) is 0.170. The fourth-order valence-corrected chi connectivity index (χ4v) is 2.26. The van der Waals surface area contributed by atoms with Gasteiger partial charge in [0.2, 0.25) is 0 Å². The van der Waals surface area contributed by atoms with Crippen LogP contribution in [0.15, 0.2) is 0 Å². The lowest BCUT2D eigenvalue weighted by Crippen LogP contribution is -2.57. The largest absolute Gasteiger partial charge is 0.479 e. The van der Waals surface area contributed by atoms with E-state index in [1.807, 2.05) is 5.01 Å². The number of methoxy groups -OCH3 is 1. The van der Waals surface area contributed by atoms with Gasteiger partial charge in [-0.3, -0.25) is 5.43 Å². The molecule has 1 saturated heterocycles. The summed E-state index contributed by atoms with van der Waals surface area (Å²) in [6.07, 6.45) is 2.22. The van der Waals surface area contributed by atoms with Gasteiger partial charge in [0.05, 0.1) is 6.54 Å². The molecule has 0 saturated carbocycles. The minimum Gasteiger partial charge on any atom is -0.479 e. The smallest absolute Gasteiger partial charge is 0.334 e. The molecule has 0 radical (unpaired) electrons. The van der Waals surface area contributed by atoms with Gasteiger partial charge in [-0.05, 0) is 26.7 Å². The minimum atomic E-state index is -1.09. The summed E-state index contributed by atoms with van der Waals surface area (Å²) in [5.41, 5.74) is 2.77. The zero-order valence-electron chi connectivity index (χ0n) is 11.7. The molecule has 3 unspecified atom stereocenters. The van der Waals surface area contributed by atoms with E-state index < -0.39 is 18.1 Å². The molecule has 0 aromatic rings. The molecule has 7 heteroatoms. The summed E-state index contributed by atoms with van der Waals surface area (Å²) in [5.74, 6) is -1.09. The number of carbonyl (C=O) groups excluding carboxylic acids is 1. The fourth-order valence-electron chi connectivity index (χ4n) is 2.26. The number of nitrogens with zero attached hydrogens (tertiary/aromatic N) is 1. The van der Waals surface area contributed by atoms with Crippen molar-refractivity contribution in [1.29, 1.82) is 0 Å². The number of hydrazine groups is 1. The Bertz CT molecular complexity index is 314. The molecule has 1 rings (SSSR count). The van der Waals surface area contributed by atoms with Gasteiger partial charge in [-0.2, -0.15) is 0 Å². The average molecular weight is 273 g/mol. The third-order valence-corrected chi connectivity index (χ3v) is 3.43. The lowest BCUT2D eigenvalue weighted by molar-refractivity contribution is -0.148. The van der Waals surface area contributed by atoms with E-state index in [1.165, 1.54) is 7.11 Å². The number of aliphatic carboxylic acids is 1. The van der Waals surface area contributed by atoms with Crippen LogP contribution in [-0.2, 0) is 9.53 Å². The zero-order valence-corrected chi connectivity index (χ0v) is 11.7. The fraction of sp³-hybridized carbons (Fsp3) is 0.833. The van der Waals surface area contributed by atoms with Crippen molar-refractivity contribution in [2.75, 3.05) is 13.7 Å². The molecule has 19 heavy (non-hydrogen) atoms. The number of ether oxygens (including phenoxy) is 1. The second-order valence-electron chi connectivity index (χ2n) is 4.92. The third-order valence-electron chi connectivity index (χ3n) is 3.43. The van der Waals surface area contributed by atoms with Crippen LogP contribution >= 0.6 is 0 Å². The monoisotopic (exact) mass is 273 g/mol. The topological polar surface area (TPSA) is 90.9 Å². The molecule has 1 aliphatic heterocycles. The molecule has 0 aromatic heterocycles. The first-order valence-electron chi connectivity index (χ1n) is 6.54. The van der Waals surface area contributed by atoms with Crippen LogP contribution in [0.5, 0.6) is 0 Å². The van der Waals surface area contributed by atoms with Crippen molar-refractivity contribution in [2.24, 2.45) is 0 Å². The van der Waals surface area contributed by atoms with Gasteiger partial charge >= 0.3 is 12.0 Å². The number of nitrogens with one attached hydrogen (secondary N) is 2. The van der Waals surface area contributed by atoms with Crippen LogP contribution < -0.4 is 10.7 Å². The summed E-state index contributed by atoms with van der Waals surface area (Å²) in [5, 5.41) is 13.2. The van der Waals surface area contributed by atoms with Crippen LogP contribution in [0.1, 0.15) is 33.1 Å². The molecule has 0 spiro atoms. The zero-order chi connectivity index (χ0) is 14.4. The number of hydrogen-bond donors (Lipinski definition) is 3. The molecular formula is C12H23N3O4. The molecule has 1 fully saturated rings. The van der Waals surface area contributed by atoms with Crippen LogP contribution in [0.4, 0.5) is 4.79 Å². The van der Waals surface area contributed by atoms with Crippen molar-refractivity contribution in [2.45, 2.75) is 51.3 Å². The normalized spacial score (nSPS) is 25.6. The van der Waals surface area contributed by atoms with Gasteiger partial charge in [0.25, 0.3) is 0 Å². The first-order chi connectivity index (χ1) is 8.95. The Morgan fingerprint density at radius 3 is 2.42 bits per heavy atom. The van der Waals surface area contributed by atoms with Crippen molar-refractivity contribution in [3.63, 3.8) is 0 Å². The van der Waals surface area contributed by atoms with Gasteiger partial charge in [-0.15, -0.1) is 0 Å². The summed E-state index contributed by atoms with van der Waals surface area (Å²) in [4.78, 5) is 22.5. The van der Waals surface area contributed by atoms with Crippen molar-refractivity contribution in [1.82, 2.24) is 15.8 Å². The van der Waals surface area contributed by atoms with Crippen molar-refractivity contribution in [3.05, 3.63) is 0 Å². The number of carboxylic acids is 1. The van der Waals surface area contributed by atoms with Gasteiger partial charge in [-0.25, -0.2) is 14.6 Å². The molecule has 0 aromatic carbocycles. The predicted octanol–water partition coefficient (Wildman–Crippen LogP) is 0.563. The van der Waals surface area contributed by atoms with E-state index in [2.05, 4.69) is 24.6 Å². The number of carbonyl (C=O) groups is 2. The van der Waals surface area contributed by atoms with Crippen LogP contribution in [0.2, 0.25) is 0 Å². The molecule has 0 aliphatic carbocycles. The number of rotatable bonds is 5. The van der Waals surface area contributed by atoms with Gasteiger partial charge in [-0.1, -0.05) is 6.42 Å². The molecule has 7 nitrogen and oxygen atoms in total. The summed E-state index contributed by atoms with van der Waals surface area (Å²) < 4.78 is 4.74. The highest BCUT2D eigenvalue weighted by molar-refractivity contribution is 5.76. The Kier molecular flexibility index (Phi) is 6.04. The van der Waals surface area contributed by atoms with Crippen molar-refractivity contribution in [3.8, 4) is 0 Å². The highest BCUT2D eigenvalue weighted by atomic mass is 16.5. The Morgan fingerprint density at radius 1 is 1.37 bits per heavy atom. The number of carboxylic acid groups (broad SMARTS) is 1. The van der Waals surface area contributed by atoms with Gasteiger partial charge in [0.1, 0.15) is 0 Å². The van der Waals surface area contributed by atoms with Gasteiger partial charge in [0, 0.05) is 19.2 Å². The molecule has 1 heterocycles. The Balaban J connectivity index is 2.39. The number of hydrogen-bond acceptors (Lipinski definition) is 4. The van der Waals surface area contributed by atoms with E-state index >= 15 is 0 Å². The standard InChI is InChI=1S/C12H23N3O4/c1-8-5-4-6-9(2)15(8)14-12(18)13-7-10(19-3)11(16)17/h8-10H,4-7H2,1-3H3,(H,16,17)(H2,13,14,18). The predicted molar refractivity (Wildman–Crippen MR) is 69.6 cm³/mol. The van der Waals surface area contributed by atoms with E-state index in [4.69, 9.17) is 9.84 Å². The number of urea groups is 1. The molecule has 3 atom stereocenters. The molecule has 3 N–H and O–H groups in total. The third kappa shape index (κ3) is 4.68.